The molecule has 0 saturated carbocycles. The molecule has 3 heterocycles. The summed E-state index contributed by atoms with van der Waals surface area (Å²) < 4.78 is 0. The van der Waals surface area contributed by atoms with Gasteiger partial charge in [0.05, 0.1) is 43.1 Å². The van der Waals surface area contributed by atoms with Crippen LogP contribution in [0.3, 0.4) is 0 Å². The molecule has 5 rings (SSSR count). The molecule has 0 spiro atoms. The van der Waals surface area contributed by atoms with E-state index in [1.165, 1.54) is 53.4 Å². The molecule has 16 amide bonds. The topological polar surface area (TPSA) is 698 Å². The van der Waals surface area contributed by atoms with Gasteiger partial charge in [0.2, 0.25) is 94.5 Å². The molecule has 3 saturated heterocycles. The monoisotopic (exact) mass is 1750 g/mol. The van der Waals surface area contributed by atoms with Crippen LogP contribution in [-0.2, 0) is 99.1 Å². The average Bonchev–Trinajstić information content (AvgIpc) is 1.82. The quantitative estimate of drug-likeness (QED) is 0.0130. The summed E-state index contributed by atoms with van der Waals surface area (Å²) in [4.78, 5) is 245. The number of nitrogens with zero attached hydrogens (tertiary/aromatic N) is 1. The molecule has 0 radical (unpaired) electrons. The Morgan fingerprint density at radius 1 is 0.472 bits per heavy atom. The second-order valence-electron chi connectivity index (χ2n) is 30.2. The number of carboxylic acids is 2. The zero-order valence-electron chi connectivity index (χ0n) is 68.9. The molecule has 3 aliphatic heterocycles. The Balaban J connectivity index is 1.32. The van der Waals surface area contributed by atoms with Gasteiger partial charge >= 0.3 is 11.9 Å². The molecule has 2 aromatic carbocycles. The number of rotatable bonds is 47. The number of nitrogens with two attached hydrogens (primary N) is 3. The maximum absolute atomic E-state index is 14.6. The number of hydrogen-bond donors (Lipinski definition) is 24. The van der Waals surface area contributed by atoms with E-state index in [0.29, 0.717) is 43.4 Å². The maximum atomic E-state index is 14.6. The zero-order valence-corrected chi connectivity index (χ0v) is 69.8. The number of carbonyl (C=O) groups is 18. The number of guanidine groups is 1. The zero-order chi connectivity index (χ0) is 90.5. The minimum atomic E-state index is -1.77. The van der Waals surface area contributed by atoms with Crippen molar-refractivity contribution in [2.75, 3.05) is 51.6 Å². The van der Waals surface area contributed by atoms with Crippen LogP contribution < -0.4 is 97.0 Å². The van der Waals surface area contributed by atoms with Crippen LogP contribution in [0.15, 0.2) is 48.5 Å². The lowest BCUT2D eigenvalue weighted by Gasteiger charge is -2.26. The first-order valence-corrected chi connectivity index (χ1v) is 42.3. The van der Waals surface area contributed by atoms with Crippen molar-refractivity contribution < 1.29 is 107 Å². The van der Waals surface area contributed by atoms with Gasteiger partial charge in [-0.2, -0.15) is 0 Å². The fraction of sp³-hybridized carbons (Fsp3) is 0.595. The number of amidine groups is 1. The van der Waals surface area contributed by atoms with Gasteiger partial charge in [0, 0.05) is 77.0 Å². The van der Waals surface area contributed by atoms with Crippen molar-refractivity contribution in [1.29, 1.82) is 10.8 Å². The molecule has 43 nitrogen and oxygen atoms in total. The highest BCUT2D eigenvalue weighted by atomic mass is 32.2. The van der Waals surface area contributed by atoms with Crippen LogP contribution in [0.2, 0.25) is 0 Å². The van der Waals surface area contributed by atoms with Gasteiger partial charge in [0.1, 0.15) is 65.9 Å². The third-order valence-electron chi connectivity index (χ3n) is 20.0. The summed E-state index contributed by atoms with van der Waals surface area (Å²) in [6.45, 7) is 0.873. The molecule has 0 bridgehead atoms. The Labute approximate surface area is 715 Å². The van der Waals surface area contributed by atoms with Gasteiger partial charge in [0.25, 0.3) is 0 Å². The first kappa shape index (κ1) is 101. The third kappa shape index (κ3) is 39.0. The van der Waals surface area contributed by atoms with E-state index >= 15 is 0 Å². The summed E-state index contributed by atoms with van der Waals surface area (Å²) in [6.07, 6.45) is 2.01. The Morgan fingerprint density at radius 2 is 0.886 bits per heavy atom. The van der Waals surface area contributed by atoms with Crippen LogP contribution in [0.1, 0.15) is 179 Å². The number of phenolic OH excluding ortho intramolecular Hbond substituents is 2. The summed E-state index contributed by atoms with van der Waals surface area (Å²) in [7, 11) is 0. The third-order valence-corrected chi connectivity index (χ3v) is 21.4. The molecule has 11 atom stereocenters. The smallest absolute Gasteiger partial charge is 0.305 e. The van der Waals surface area contributed by atoms with E-state index in [2.05, 4.69) is 86.7 Å². The van der Waals surface area contributed by atoms with Crippen LogP contribution in [0.4, 0.5) is 0 Å². The lowest BCUT2D eigenvalue weighted by atomic mass is 10.0. The number of benzene rings is 2. The van der Waals surface area contributed by atoms with Crippen molar-refractivity contribution >= 4 is 130 Å². The first-order valence-electron chi connectivity index (χ1n) is 41.3. The van der Waals surface area contributed by atoms with Crippen LogP contribution >= 0.6 is 11.8 Å². The second-order valence-corrected chi connectivity index (χ2v) is 31.4. The highest BCUT2D eigenvalue weighted by Crippen LogP contribution is 2.27. The number of likely N-dealkylation sites (tertiary alicyclic amines) is 1. The average molecular weight is 1750 g/mol. The number of unbranched alkanes of at least 4 members (excludes halogenated alkanes) is 8. The summed E-state index contributed by atoms with van der Waals surface area (Å²) in [5, 5.41) is 92.1. The number of carbonyl (C=O) groups excluding carboxylic acids is 16. The standard InChI is InChI=1S/C79H119N21O22S/c1-2-3-4-14-36-100-65(107)41-59(78(100)122)123-44-49(80)68(112)86-33-11-5-6-21-62(104)91-54(69(113)87-34-13-10-18-53-75(119)97-56(38-46-24-28-48(102)29-25-46)77(121)98-57(39-66(108)109)70(114)89-42-63(105)92-50(72(116)94-53)16-7-8-20-60(81)82)30-31-61(103)85-32-12-9-17-52-74(118)96-55(37-45-22-26-47(101)27-23-45)76(120)99-58(40-67(110)111)71(115)90-43-64(106)93-51(73(117)95-52)19-15-35-88-79(83)84/h22-29,49-59,101-102H,2-21,30-44,80H2,1H3,(H3,81,82)(H,85,103)(H,86,112)(H,87,113)(H,89,114)(H,90,115)(H,91,104)(H,92,105)(H,93,106)(H,94,116)(H,95,117)(H,96,118)(H,97,119)(H,98,121)(H,99,120)(H,108,109)(H,110,111)(H4,83,84,88)/t49?,50-,51-,52?,53?,54?,55+,56+,57-,58-,59?/m1/s1. The predicted molar refractivity (Wildman–Crippen MR) is 445 cm³/mol. The predicted octanol–water partition coefficient (Wildman–Crippen LogP) is -3.99. The van der Waals surface area contributed by atoms with Gasteiger partial charge in [-0.15, -0.1) is 11.8 Å². The number of carboxylic acid groups (broad SMARTS) is 2. The summed E-state index contributed by atoms with van der Waals surface area (Å²) in [5.74, 6) is -16.4. The van der Waals surface area contributed by atoms with E-state index in [-0.39, 0.29) is 183 Å². The fourth-order valence-electron chi connectivity index (χ4n) is 13.2. The molecule has 44 heteroatoms. The van der Waals surface area contributed by atoms with Crippen molar-refractivity contribution in [3.05, 3.63) is 59.7 Å². The SMILES string of the molecule is CCCCCCN1C(=O)CC(SCC(N)C(=O)NCCCCCC(=O)NC(CCC(=O)NCCCCC2NC(=O)[C@@H](CCCNC(=N)N)NC(=O)CNC(=O)[C@@H](CC(=O)O)NC(=O)[C@H](Cc3ccc(O)cc3)NC2=O)C(=O)NCCCCC2NC(=O)[C@@H](CCCCC(=N)N)NC(=O)CNC(=O)[C@@H](CC(=O)O)NC(=O)[C@H](Cc3ccc(O)cc3)NC2=O)C1=O. The molecule has 27 N–H and O–H groups in total. The number of nitrogens with one attached hydrogen (secondary N) is 17. The van der Waals surface area contributed by atoms with E-state index in [4.69, 9.17) is 28.0 Å². The number of aliphatic carboxylic acids is 2. The molecule has 5 unspecified atom stereocenters. The van der Waals surface area contributed by atoms with E-state index in [9.17, 15) is 107 Å². The lowest BCUT2D eigenvalue weighted by molar-refractivity contribution is -0.141. The summed E-state index contributed by atoms with van der Waals surface area (Å²) in [5.41, 5.74) is 17.9. The Hall–Kier alpha value is -12.3. The van der Waals surface area contributed by atoms with Gasteiger partial charge in [0.15, 0.2) is 5.96 Å². The molecule has 678 valence electrons. The summed E-state index contributed by atoms with van der Waals surface area (Å²) >= 11 is 1.14. The summed E-state index contributed by atoms with van der Waals surface area (Å²) in [6, 6.07) is -3.69. The number of phenols is 2. The largest absolute Gasteiger partial charge is 0.508 e. The molecular formula is C79H119N21O22S. The molecule has 123 heavy (non-hydrogen) atoms. The minimum absolute atomic E-state index is 0.0181. The van der Waals surface area contributed by atoms with Gasteiger partial charge in [-0.1, -0.05) is 63.3 Å². The number of aromatic hydroxyl groups is 2. The molecule has 0 aliphatic carbocycles. The molecule has 0 aromatic heterocycles. The van der Waals surface area contributed by atoms with Crippen LogP contribution in [-0.4, -0.2) is 261 Å². The highest BCUT2D eigenvalue weighted by Gasteiger charge is 2.40. The van der Waals surface area contributed by atoms with Crippen molar-refractivity contribution in [2.24, 2.45) is 17.2 Å². The minimum Gasteiger partial charge on any atom is -0.508 e. The van der Waals surface area contributed by atoms with Crippen LogP contribution in [0, 0.1) is 10.8 Å². The van der Waals surface area contributed by atoms with Crippen LogP contribution in [0.5, 0.6) is 11.5 Å². The van der Waals surface area contributed by atoms with Crippen molar-refractivity contribution in [2.45, 2.75) is 246 Å². The fourth-order valence-corrected chi connectivity index (χ4v) is 14.4. The van der Waals surface area contributed by atoms with Gasteiger partial charge < -0.3 is 117 Å². The van der Waals surface area contributed by atoms with Gasteiger partial charge in [-0.05, 0) is 125 Å². The molecule has 3 fully saturated rings. The number of amides is 16. The van der Waals surface area contributed by atoms with Crippen molar-refractivity contribution in [1.82, 2.24) is 84.7 Å². The molecule has 2 aromatic rings. The van der Waals surface area contributed by atoms with Crippen molar-refractivity contribution in [3.63, 3.8) is 0 Å². The van der Waals surface area contributed by atoms with Crippen LogP contribution in [0.25, 0.3) is 0 Å². The number of hydrogen-bond acceptors (Lipinski definition) is 24. The van der Waals surface area contributed by atoms with E-state index in [1.807, 2.05) is 0 Å². The number of thioether (sulfide) groups is 1. The van der Waals surface area contributed by atoms with Crippen molar-refractivity contribution in [3.8, 4) is 11.5 Å². The van der Waals surface area contributed by atoms with Gasteiger partial charge in [-0.25, -0.2) is 0 Å². The maximum Gasteiger partial charge on any atom is 0.305 e. The first-order chi connectivity index (χ1) is 58.6. The van der Waals surface area contributed by atoms with E-state index in [0.717, 1.165) is 31.0 Å². The Bertz CT molecular complexity index is 4010. The van der Waals surface area contributed by atoms with E-state index < -0.39 is 186 Å². The van der Waals surface area contributed by atoms with Gasteiger partial charge in [-0.3, -0.25) is 102 Å². The molecule has 3 aliphatic rings. The Morgan fingerprint density at radius 3 is 1.37 bits per heavy atom. The normalized spacial score (nSPS) is 20.8. The Kier molecular flexibility index (Phi) is 44.6. The van der Waals surface area contributed by atoms with E-state index in [1.54, 1.807) is 0 Å². The lowest BCUT2D eigenvalue weighted by Crippen LogP contribution is -2.58. The molecular weight excluding hydrogens is 1630 g/mol. The number of imide groups is 1. The highest BCUT2D eigenvalue weighted by molar-refractivity contribution is 8.00. The second kappa shape index (κ2) is 54.2.